The third-order valence-corrected chi connectivity index (χ3v) is 4.90. The van der Waals surface area contributed by atoms with Crippen LogP contribution in [0.15, 0.2) is 12.4 Å². The van der Waals surface area contributed by atoms with Gasteiger partial charge in [-0.3, -0.25) is 0 Å². The van der Waals surface area contributed by atoms with Gasteiger partial charge in [0.15, 0.2) is 6.17 Å². The molecule has 0 amide bonds. The Kier molecular flexibility index (Phi) is 5.34. The maximum Gasteiger partial charge on any atom is 0.427 e. The standard InChI is InChI=1S/C15H23F5N2O2/c1-13(9-23,10-24)22-7-6-21(12(22)15(18,19)20)8-11-2-4-14(16,17)5-3-11/h6-7,11-12,23-24H,2-5,8-10H2,1H3. The summed E-state index contributed by atoms with van der Waals surface area (Å²) in [6.07, 6.45) is -4.44. The summed E-state index contributed by atoms with van der Waals surface area (Å²) in [5.74, 6) is -2.97. The lowest BCUT2D eigenvalue weighted by Gasteiger charge is -2.44. The van der Waals surface area contributed by atoms with Crippen LogP contribution in [0.3, 0.4) is 0 Å². The number of hydrogen-bond acceptors (Lipinski definition) is 4. The number of halogens is 5. The molecule has 9 heteroatoms. The highest BCUT2D eigenvalue weighted by Gasteiger charge is 2.53. The van der Waals surface area contributed by atoms with Gasteiger partial charge in [-0.15, -0.1) is 0 Å². The zero-order chi connectivity index (χ0) is 18.2. The van der Waals surface area contributed by atoms with Crippen LogP contribution in [0.5, 0.6) is 0 Å². The maximum atomic E-state index is 13.5. The highest BCUT2D eigenvalue weighted by molar-refractivity contribution is 5.07. The number of rotatable bonds is 5. The molecule has 1 aliphatic carbocycles. The Balaban J connectivity index is 2.12. The Hall–Kier alpha value is -1.09. The zero-order valence-corrected chi connectivity index (χ0v) is 13.4. The predicted molar refractivity (Wildman–Crippen MR) is 77.0 cm³/mol. The van der Waals surface area contributed by atoms with Gasteiger partial charge in [0.05, 0.1) is 18.8 Å². The summed E-state index contributed by atoms with van der Waals surface area (Å²) >= 11 is 0. The molecule has 1 heterocycles. The van der Waals surface area contributed by atoms with Crippen LogP contribution < -0.4 is 0 Å². The molecule has 140 valence electrons. The van der Waals surface area contributed by atoms with Gasteiger partial charge in [-0.05, 0) is 25.7 Å². The number of nitrogens with zero attached hydrogens (tertiary/aromatic N) is 2. The van der Waals surface area contributed by atoms with Gasteiger partial charge in [0.1, 0.15) is 0 Å². The average Bonchev–Trinajstić information content (AvgIpc) is 2.93. The summed E-state index contributed by atoms with van der Waals surface area (Å²) in [4.78, 5) is 1.96. The number of aliphatic hydroxyl groups excluding tert-OH is 2. The molecule has 0 aromatic rings. The van der Waals surface area contributed by atoms with Gasteiger partial charge < -0.3 is 20.0 Å². The first kappa shape index (κ1) is 19.2. The Labute approximate surface area is 137 Å². The van der Waals surface area contributed by atoms with Crippen LogP contribution in [0, 0.1) is 5.92 Å². The van der Waals surface area contributed by atoms with E-state index in [9.17, 15) is 32.2 Å². The van der Waals surface area contributed by atoms with Crippen molar-refractivity contribution in [3.63, 3.8) is 0 Å². The summed E-state index contributed by atoms with van der Waals surface area (Å²) in [5.41, 5.74) is -1.47. The Morgan fingerprint density at radius 2 is 1.62 bits per heavy atom. The molecule has 0 bridgehead atoms. The fraction of sp³-hybridized carbons (Fsp3) is 0.867. The molecular weight excluding hydrogens is 335 g/mol. The van der Waals surface area contributed by atoms with Gasteiger partial charge in [-0.25, -0.2) is 8.78 Å². The van der Waals surface area contributed by atoms with Crippen molar-refractivity contribution in [2.75, 3.05) is 19.8 Å². The number of hydrogen-bond donors (Lipinski definition) is 2. The fourth-order valence-corrected chi connectivity index (χ4v) is 3.26. The van der Waals surface area contributed by atoms with Crippen LogP contribution in [0.2, 0.25) is 0 Å². The molecule has 1 saturated carbocycles. The van der Waals surface area contributed by atoms with Crippen molar-refractivity contribution in [2.24, 2.45) is 5.92 Å². The molecule has 1 fully saturated rings. The van der Waals surface area contributed by atoms with Crippen molar-refractivity contribution in [1.82, 2.24) is 9.80 Å². The van der Waals surface area contributed by atoms with E-state index in [4.69, 9.17) is 0 Å². The van der Waals surface area contributed by atoms with Gasteiger partial charge in [0.2, 0.25) is 5.92 Å². The monoisotopic (exact) mass is 358 g/mol. The summed E-state index contributed by atoms with van der Waals surface area (Å²) in [6, 6.07) is 0. The SMILES string of the molecule is CC(CO)(CO)N1C=CN(CC2CCC(F)(F)CC2)C1C(F)(F)F. The van der Waals surface area contributed by atoms with Crippen molar-refractivity contribution in [3.05, 3.63) is 12.4 Å². The van der Waals surface area contributed by atoms with Crippen LogP contribution in [0.25, 0.3) is 0 Å². The molecule has 1 atom stereocenters. The molecule has 24 heavy (non-hydrogen) atoms. The van der Waals surface area contributed by atoms with Gasteiger partial charge in [0, 0.05) is 31.8 Å². The quantitative estimate of drug-likeness (QED) is 0.742. The zero-order valence-electron chi connectivity index (χ0n) is 13.4. The van der Waals surface area contributed by atoms with E-state index in [1.54, 1.807) is 0 Å². The molecule has 2 N–H and O–H groups in total. The summed E-state index contributed by atoms with van der Waals surface area (Å²) < 4.78 is 67.0. The maximum absolute atomic E-state index is 13.5. The first-order chi connectivity index (χ1) is 11.0. The minimum atomic E-state index is -4.62. The Bertz CT molecular complexity index is 455. The highest BCUT2D eigenvalue weighted by atomic mass is 19.4. The van der Waals surface area contributed by atoms with Crippen molar-refractivity contribution in [2.45, 2.75) is 56.4 Å². The van der Waals surface area contributed by atoms with Gasteiger partial charge >= 0.3 is 6.18 Å². The lowest BCUT2D eigenvalue weighted by atomic mass is 9.86. The molecular formula is C15H23F5N2O2. The summed E-state index contributed by atoms with van der Waals surface area (Å²) in [6.45, 7) is 0.0504. The molecule has 2 aliphatic rings. The Morgan fingerprint density at radius 3 is 2.08 bits per heavy atom. The lowest BCUT2D eigenvalue weighted by molar-refractivity contribution is -0.222. The van der Waals surface area contributed by atoms with Gasteiger partial charge in [0.25, 0.3) is 0 Å². The highest BCUT2D eigenvalue weighted by Crippen LogP contribution is 2.40. The molecule has 4 nitrogen and oxygen atoms in total. The summed E-state index contributed by atoms with van der Waals surface area (Å²) in [7, 11) is 0. The topological polar surface area (TPSA) is 46.9 Å². The van der Waals surface area contributed by atoms with E-state index in [0.717, 1.165) is 9.80 Å². The number of alkyl halides is 5. The average molecular weight is 358 g/mol. The van der Waals surface area contributed by atoms with Gasteiger partial charge in [-0.1, -0.05) is 0 Å². The van der Waals surface area contributed by atoms with Crippen molar-refractivity contribution in [1.29, 1.82) is 0 Å². The van der Waals surface area contributed by atoms with E-state index < -0.39 is 37.0 Å². The van der Waals surface area contributed by atoms with E-state index in [2.05, 4.69) is 0 Å². The van der Waals surface area contributed by atoms with Crippen LogP contribution in [0.4, 0.5) is 22.0 Å². The summed E-state index contributed by atoms with van der Waals surface area (Å²) in [5, 5.41) is 18.8. The van der Waals surface area contributed by atoms with Crippen LogP contribution >= 0.6 is 0 Å². The molecule has 0 radical (unpaired) electrons. The first-order valence-corrected chi connectivity index (χ1v) is 7.91. The molecule has 0 aromatic carbocycles. The van der Waals surface area contributed by atoms with Crippen LogP contribution in [-0.2, 0) is 0 Å². The molecule has 1 unspecified atom stereocenters. The minimum Gasteiger partial charge on any atom is -0.394 e. The third-order valence-electron chi connectivity index (χ3n) is 4.90. The smallest absolute Gasteiger partial charge is 0.394 e. The van der Waals surface area contributed by atoms with E-state index >= 15 is 0 Å². The Morgan fingerprint density at radius 1 is 1.08 bits per heavy atom. The van der Waals surface area contributed by atoms with Crippen molar-refractivity contribution >= 4 is 0 Å². The van der Waals surface area contributed by atoms with E-state index in [-0.39, 0.29) is 38.1 Å². The largest absolute Gasteiger partial charge is 0.427 e. The first-order valence-electron chi connectivity index (χ1n) is 7.91. The molecule has 0 spiro atoms. The normalized spacial score (nSPS) is 25.6. The molecule has 1 aliphatic heterocycles. The lowest BCUT2D eigenvalue weighted by Crippen LogP contribution is -2.60. The predicted octanol–water partition coefficient (Wildman–Crippen LogP) is 2.53. The van der Waals surface area contributed by atoms with Gasteiger partial charge in [-0.2, -0.15) is 13.2 Å². The fourth-order valence-electron chi connectivity index (χ4n) is 3.26. The molecule has 0 aromatic heterocycles. The second kappa shape index (κ2) is 6.67. The van der Waals surface area contributed by atoms with E-state index in [0.29, 0.717) is 0 Å². The molecule has 0 saturated heterocycles. The van der Waals surface area contributed by atoms with Crippen molar-refractivity contribution < 1.29 is 32.2 Å². The number of aliphatic hydroxyl groups is 2. The van der Waals surface area contributed by atoms with Crippen LogP contribution in [-0.4, -0.2) is 63.6 Å². The molecule has 2 rings (SSSR count). The second-order valence-electron chi connectivity index (χ2n) is 6.93. The third kappa shape index (κ3) is 3.93. The van der Waals surface area contributed by atoms with E-state index in [1.165, 1.54) is 19.3 Å². The second-order valence-corrected chi connectivity index (χ2v) is 6.93. The minimum absolute atomic E-state index is 0.0141. The van der Waals surface area contributed by atoms with E-state index in [1.807, 2.05) is 0 Å². The van der Waals surface area contributed by atoms with Crippen LogP contribution in [0.1, 0.15) is 32.6 Å². The van der Waals surface area contributed by atoms with Crippen molar-refractivity contribution in [3.8, 4) is 0 Å².